The van der Waals surface area contributed by atoms with Crippen molar-refractivity contribution in [1.29, 1.82) is 5.26 Å². The normalized spacial score (nSPS) is 11.3. The van der Waals surface area contributed by atoms with E-state index in [0.29, 0.717) is 11.3 Å². The highest BCUT2D eigenvalue weighted by molar-refractivity contribution is 6.16. The van der Waals surface area contributed by atoms with Crippen molar-refractivity contribution >= 4 is 73.9 Å². The number of benzene rings is 7. The Labute approximate surface area is 257 Å². The maximum Gasteiger partial charge on any atom is 0.102 e. The van der Waals surface area contributed by atoms with Gasteiger partial charge in [-0.25, -0.2) is 0 Å². The van der Waals surface area contributed by atoms with Gasteiger partial charge in [-0.1, -0.05) is 115 Å². The number of hydrogen-bond acceptors (Lipinski definition) is 3. The zero-order valence-corrected chi connectivity index (χ0v) is 24.4. The molecule has 0 N–H and O–H groups in total. The highest BCUT2D eigenvalue weighted by Crippen LogP contribution is 2.40. The van der Waals surface area contributed by atoms with Crippen molar-refractivity contribution in [1.82, 2.24) is 0 Å². The molecule has 0 saturated carbocycles. The Morgan fingerprint density at radius 3 is 2.07 bits per heavy atom. The number of nitriles is 1. The molecule has 7 aromatic rings. The Balaban J connectivity index is 1.26. The molecule has 0 atom stereocenters. The molecule has 0 heterocycles. The van der Waals surface area contributed by atoms with Crippen LogP contribution in [0.3, 0.4) is 0 Å². The number of anilines is 3. The molecule has 7 rings (SSSR count). The van der Waals surface area contributed by atoms with Crippen molar-refractivity contribution in [2.75, 3.05) is 4.90 Å². The van der Waals surface area contributed by atoms with E-state index in [1.54, 1.807) is 0 Å². The third-order valence-electron chi connectivity index (χ3n) is 8.18. The second-order valence-electron chi connectivity index (χ2n) is 10.9. The van der Waals surface area contributed by atoms with Crippen molar-refractivity contribution in [2.24, 2.45) is 4.99 Å². The highest BCUT2D eigenvalue weighted by atomic mass is 15.1. The Morgan fingerprint density at radius 2 is 1.27 bits per heavy atom. The number of fused-ring (bicyclic) bond motifs is 4. The lowest BCUT2D eigenvalue weighted by Gasteiger charge is -2.27. The van der Waals surface area contributed by atoms with Gasteiger partial charge in [-0.15, -0.1) is 0 Å². The van der Waals surface area contributed by atoms with Crippen LogP contribution >= 0.6 is 0 Å². The van der Waals surface area contributed by atoms with Gasteiger partial charge in [0, 0.05) is 27.5 Å². The molecule has 7 aromatic carbocycles. The predicted octanol–water partition coefficient (Wildman–Crippen LogP) is 11.3. The fourth-order valence-electron chi connectivity index (χ4n) is 6.07. The number of para-hydroxylation sites is 1. The van der Waals surface area contributed by atoms with Gasteiger partial charge in [0.2, 0.25) is 0 Å². The molecule has 0 radical (unpaired) electrons. The van der Waals surface area contributed by atoms with Gasteiger partial charge in [-0.2, -0.15) is 5.26 Å². The maximum absolute atomic E-state index is 9.92. The molecule has 0 fully saturated rings. The fraction of sp³-hybridized carbons (Fsp3) is 0.0244. The molecule has 208 valence electrons. The molecule has 0 aliphatic rings. The third kappa shape index (κ3) is 4.79. The van der Waals surface area contributed by atoms with Crippen LogP contribution in [-0.2, 0) is 0 Å². The average Bonchev–Trinajstić information content (AvgIpc) is 3.08. The largest absolute Gasteiger partial charge is 0.310 e. The lowest BCUT2D eigenvalue weighted by molar-refractivity contribution is 1.30. The van der Waals surface area contributed by atoms with E-state index >= 15 is 0 Å². The quantitative estimate of drug-likeness (QED) is 0.115. The molecular weight excluding hydrogens is 534 g/mol. The van der Waals surface area contributed by atoms with E-state index in [-0.39, 0.29) is 0 Å². The van der Waals surface area contributed by atoms with Crippen molar-refractivity contribution < 1.29 is 0 Å². The lowest BCUT2D eigenvalue weighted by atomic mass is 9.93. The van der Waals surface area contributed by atoms with Crippen LogP contribution in [0, 0.1) is 18.3 Å². The Morgan fingerprint density at radius 1 is 0.614 bits per heavy atom. The van der Waals surface area contributed by atoms with Gasteiger partial charge in [-0.05, 0) is 77.3 Å². The summed E-state index contributed by atoms with van der Waals surface area (Å²) < 4.78 is 0. The lowest BCUT2D eigenvalue weighted by Crippen LogP contribution is -2.10. The monoisotopic (exact) mass is 563 g/mol. The van der Waals surface area contributed by atoms with E-state index in [1.807, 2.05) is 24.3 Å². The SMILES string of the molecule is C=Nc1c(C#N)c2ccc(C)cc2c2cc(C=Cc3ccc(N(c4ccccc4)c4cccc5ccccc45)cc3)ccc12. The smallest absolute Gasteiger partial charge is 0.102 e. The minimum absolute atomic E-state index is 0.568. The van der Waals surface area contributed by atoms with Crippen LogP contribution < -0.4 is 4.90 Å². The van der Waals surface area contributed by atoms with Crippen molar-refractivity contribution in [3.63, 3.8) is 0 Å². The van der Waals surface area contributed by atoms with Gasteiger partial charge >= 0.3 is 0 Å². The standard InChI is InChI=1S/C41H29N3/c1-28-15-23-35-37(25-28)38-26-30(20-24-36(38)41(43-2)39(35)27-42)17-16-29-18-21-33(22-19-29)44(32-11-4-3-5-12-32)40-14-8-10-31-9-6-7-13-34(31)40/h3-26H,2H2,1H3. The number of rotatable bonds is 6. The summed E-state index contributed by atoms with van der Waals surface area (Å²) in [5, 5.41) is 16.3. The van der Waals surface area contributed by atoms with Gasteiger partial charge in [0.15, 0.2) is 0 Å². The summed E-state index contributed by atoms with van der Waals surface area (Å²) in [6, 6.07) is 49.0. The van der Waals surface area contributed by atoms with Crippen LogP contribution in [0.1, 0.15) is 22.3 Å². The molecule has 0 bridgehead atoms. The average molecular weight is 564 g/mol. The second-order valence-corrected chi connectivity index (χ2v) is 10.9. The van der Waals surface area contributed by atoms with E-state index in [4.69, 9.17) is 0 Å². The van der Waals surface area contributed by atoms with E-state index < -0.39 is 0 Å². The molecule has 3 nitrogen and oxygen atoms in total. The van der Waals surface area contributed by atoms with Crippen LogP contribution in [0.5, 0.6) is 0 Å². The summed E-state index contributed by atoms with van der Waals surface area (Å²) >= 11 is 0. The topological polar surface area (TPSA) is 39.4 Å². The van der Waals surface area contributed by atoms with Gasteiger partial charge in [0.05, 0.1) is 16.9 Å². The van der Waals surface area contributed by atoms with Crippen LogP contribution in [0.2, 0.25) is 0 Å². The van der Waals surface area contributed by atoms with Crippen LogP contribution in [0.25, 0.3) is 44.5 Å². The summed E-state index contributed by atoms with van der Waals surface area (Å²) in [4.78, 5) is 6.57. The van der Waals surface area contributed by atoms with E-state index in [1.165, 1.54) is 10.8 Å². The van der Waals surface area contributed by atoms with Gasteiger partial charge in [-0.3, -0.25) is 4.99 Å². The molecule has 0 aromatic heterocycles. The van der Waals surface area contributed by atoms with Crippen LogP contribution in [-0.4, -0.2) is 6.72 Å². The molecule has 0 spiro atoms. The molecule has 0 amide bonds. The Bertz CT molecular complexity index is 2250. The molecule has 0 aliphatic carbocycles. The fourth-order valence-corrected chi connectivity index (χ4v) is 6.07. The first-order valence-electron chi connectivity index (χ1n) is 14.6. The number of aryl methyl sites for hydroxylation is 1. The zero-order valence-electron chi connectivity index (χ0n) is 24.4. The zero-order chi connectivity index (χ0) is 30.0. The molecule has 0 saturated heterocycles. The summed E-state index contributed by atoms with van der Waals surface area (Å²) in [5.74, 6) is 0. The molecular formula is C41H29N3. The summed E-state index contributed by atoms with van der Waals surface area (Å²) in [6.07, 6.45) is 4.27. The number of nitrogens with zero attached hydrogens (tertiary/aromatic N) is 3. The Kier molecular flexibility index (Phi) is 6.94. The second kappa shape index (κ2) is 11.4. The minimum Gasteiger partial charge on any atom is -0.310 e. The van der Waals surface area contributed by atoms with Crippen molar-refractivity contribution in [2.45, 2.75) is 6.92 Å². The molecule has 44 heavy (non-hydrogen) atoms. The summed E-state index contributed by atoms with van der Waals surface area (Å²) in [6.45, 7) is 5.84. The van der Waals surface area contributed by atoms with E-state index in [2.05, 4.69) is 151 Å². The van der Waals surface area contributed by atoms with Crippen LogP contribution in [0.15, 0.2) is 138 Å². The van der Waals surface area contributed by atoms with Gasteiger partial charge in [0.25, 0.3) is 0 Å². The van der Waals surface area contributed by atoms with Crippen molar-refractivity contribution in [3.8, 4) is 6.07 Å². The number of aliphatic imine (C=N–C) groups is 1. The molecule has 3 heteroatoms. The summed E-state index contributed by atoms with van der Waals surface area (Å²) in [5.41, 5.74) is 7.88. The van der Waals surface area contributed by atoms with Crippen LogP contribution in [0.4, 0.5) is 22.7 Å². The first-order chi connectivity index (χ1) is 21.6. The highest BCUT2D eigenvalue weighted by Gasteiger charge is 2.16. The molecule has 0 unspecified atom stereocenters. The molecule has 0 aliphatic heterocycles. The first-order valence-corrected chi connectivity index (χ1v) is 14.6. The van der Waals surface area contributed by atoms with Gasteiger partial charge in [0.1, 0.15) is 6.07 Å². The first kappa shape index (κ1) is 26.9. The predicted molar refractivity (Wildman–Crippen MR) is 188 cm³/mol. The van der Waals surface area contributed by atoms with E-state index in [9.17, 15) is 5.26 Å². The third-order valence-corrected chi connectivity index (χ3v) is 8.18. The minimum atomic E-state index is 0.568. The maximum atomic E-state index is 9.92. The van der Waals surface area contributed by atoms with Crippen molar-refractivity contribution in [3.05, 3.63) is 156 Å². The van der Waals surface area contributed by atoms with Gasteiger partial charge < -0.3 is 4.90 Å². The number of hydrogen-bond donors (Lipinski definition) is 0. The van der Waals surface area contributed by atoms with E-state index in [0.717, 1.165) is 55.3 Å². The Hall–Kier alpha value is -5.98. The summed E-state index contributed by atoms with van der Waals surface area (Å²) in [7, 11) is 0.